The molecule has 20 heavy (non-hydrogen) atoms. The fourth-order valence-electron chi connectivity index (χ4n) is 3.44. The van der Waals surface area contributed by atoms with Gasteiger partial charge in [0.15, 0.2) is 5.96 Å². The summed E-state index contributed by atoms with van der Waals surface area (Å²) in [4.78, 5) is 6.91. The van der Waals surface area contributed by atoms with Crippen molar-refractivity contribution in [1.82, 2.24) is 15.5 Å². The first kappa shape index (κ1) is 15.6. The van der Waals surface area contributed by atoms with E-state index in [1.54, 1.807) is 0 Å². The van der Waals surface area contributed by atoms with Gasteiger partial charge in [0.25, 0.3) is 0 Å². The molecule has 0 aromatic heterocycles. The highest BCUT2D eigenvalue weighted by Gasteiger charge is 2.18. The molecular formula is C16H32N4. The lowest BCUT2D eigenvalue weighted by atomic mass is 9.93. The molecule has 2 aliphatic rings. The van der Waals surface area contributed by atoms with Crippen LogP contribution in [0.25, 0.3) is 0 Å². The zero-order chi connectivity index (χ0) is 14.2. The van der Waals surface area contributed by atoms with Crippen molar-refractivity contribution in [2.45, 2.75) is 57.9 Å². The van der Waals surface area contributed by atoms with E-state index >= 15 is 0 Å². The van der Waals surface area contributed by atoms with Gasteiger partial charge in [0.1, 0.15) is 0 Å². The lowest BCUT2D eigenvalue weighted by Crippen LogP contribution is -2.43. The first-order valence-electron chi connectivity index (χ1n) is 8.51. The summed E-state index contributed by atoms with van der Waals surface area (Å²) in [6, 6.07) is 0.647. The van der Waals surface area contributed by atoms with Crippen molar-refractivity contribution in [3.05, 3.63) is 0 Å². The molecule has 0 amide bonds. The average molecular weight is 280 g/mol. The Kier molecular flexibility index (Phi) is 6.64. The Morgan fingerprint density at radius 3 is 2.45 bits per heavy atom. The number of likely N-dealkylation sites (tertiary alicyclic amines) is 1. The minimum atomic E-state index is 0.647. The van der Waals surface area contributed by atoms with Crippen molar-refractivity contribution >= 4 is 5.96 Å². The van der Waals surface area contributed by atoms with Gasteiger partial charge >= 0.3 is 0 Å². The molecule has 0 atom stereocenters. The number of rotatable bonds is 5. The number of hydrogen-bond acceptors (Lipinski definition) is 2. The second kappa shape index (κ2) is 8.50. The van der Waals surface area contributed by atoms with E-state index in [0.717, 1.165) is 18.4 Å². The van der Waals surface area contributed by atoms with Gasteiger partial charge in [0, 0.05) is 19.6 Å². The number of aliphatic imine (C=N–C) groups is 1. The Bertz CT molecular complexity index is 289. The van der Waals surface area contributed by atoms with Gasteiger partial charge in [0.05, 0.1) is 0 Å². The molecule has 2 rings (SSSR count). The second-order valence-corrected chi connectivity index (χ2v) is 6.29. The molecule has 1 saturated carbocycles. The van der Waals surface area contributed by atoms with Crippen LogP contribution in [-0.4, -0.2) is 50.1 Å². The third-order valence-corrected chi connectivity index (χ3v) is 4.92. The van der Waals surface area contributed by atoms with E-state index in [1.807, 2.05) is 7.05 Å². The molecule has 1 aliphatic carbocycles. The Balaban J connectivity index is 1.59. The van der Waals surface area contributed by atoms with E-state index in [0.29, 0.717) is 6.04 Å². The van der Waals surface area contributed by atoms with Gasteiger partial charge in [-0.1, -0.05) is 19.8 Å². The van der Waals surface area contributed by atoms with Crippen LogP contribution in [0.3, 0.4) is 0 Å². The summed E-state index contributed by atoms with van der Waals surface area (Å²) in [5, 5.41) is 7.04. The van der Waals surface area contributed by atoms with Crippen LogP contribution < -0.4 is 10.6 Å². The first-order valence-corrected chi connectivity index (χ1v) is 8.51. The third-order valence-electron chi connectivity index (χ3n) is 4.92. The van der Waals surface area contributed by atoms with E-state index in [2.05, 4.69) is 27.4 Å². The van der Waals surface area contributed by atoms with Crippen molar-refractivity contribution in [3.8, 4) is 0 Å². The fourth-order valence-corrected chi connectivity index (χ4v) is 3.44. The number of piperidine rings is 1. The van der Waals surface area contributed by atoms with Gasteiger partial charge in [-0.2, -0.15) is 0 Å². The maximum absolute atomic E-state index is 4.35. The van der Waals surface area contributed by atoms with Crippen molar-refractivity contribution in [2.75, 3.05) is 33.2 Å². The zero-order valence-corrected chi connectivity index (χ0v) is 13.3. The molecule has 1 aliphatic heterocycles. The highest BCUT2D eigenvalue weighted by molar-refractivity contribution is 5.79. The van der Waals surface area contributed by atoms with E-state index < -0.39 is 0 Å². The highest BCUT2D eigenvalue weighted by Crippen LogP contribution is 2.20. The summed E-state index contributed by atoms with van der Waals surface area (Å²) < 4.78 is 0. The van der Waals surface area contributed by atoms with Crippen LogP contribution in [-0.2, 0) is 0 Å². The minimum absolute atomic E-state index is 0.647. The molecule has 1 saturated heterocycles. The molecule has 0 aromatic rings. The summed E-state index contributed by atoms with van der Waals surface area (Å²) in [5.74, 6) is 1.90. The van der Waals surface area contributed by atoms with Crippen LogP contribution in [0.15, 0.2) is 4.99 Å². The van der Waals surface area contributed by atoms with Crippen LogP contribution in [0.4, 0.5) is 0 Å². The average Bonchev–Trinajstić information content (AvgIpc) is 3.00. The smallest absolute Gasteiger partial charge is 0.191 e. The predicted molar refractivity (Wildman–Crippen MR) is 86.2 cm³/mol. The van der Waals surface area contributed by atoms with E-state index in [9.17, 15) is 0 Å². The quantitative estimate of drug-likeness (QED) is 0.599. The lowest BCUT2D eigenvalue weighted by Gasteiger charge is -2.31. The van der Waals surface area contributed by atoms with Gasteiger partial charge in [-0.15, -0.1) is 0 Å². The van der Waals surface area contributed by atoms with Gasteiger partial charge in [0.2, 0.25) is 0 Å². The van der Waals surface area contributed by atoms with Crippen LogP contribution in [0.5, 0.6) is 0 Å². The topological polar surface area (TPSA) is 39.7 Å². The highest BCUT2D eigenvalue weighted by atomic mass is 15.2. The SMILES string of the molecule is CCN1CCC(CCNC(=NC)NC2CCCC2)CC1. The molecule has 0 unspecified atom stereocenters. The fraction of sp³-hybridized carbons (Fsp3) is 0.938. The Morgan fingerprint density at radius 2 is 1.85 bits per heavy atom. The van der Waals surface area contributed by atoms with E-state index in [-0.39, 0.29) is 0 Å². The Labute approximate surface area is 124 Å². The van der Waals surface area contributed by atoms with Gasteiger partial charge in [-0.25, -0.2) is 0 Å². The molecule has 116 valence electrons. The summed E-state index contributed by atoms with van der Waals surface area (Å²) >= 11 is 0. The van der Waals surface area contributed by atoms with Crippen molar-refractivity contribution in [3.63, 3.8) is 0 Å². The van der Waals surface area contributed by atoms with Crippen LogP contribution in [0.2, 0.25) is 0 Å². The first-order chi connectivity index (χ1) is 9.81. The molecule has 4 nitrogen and oxygen atoms in total. The monoisotopic (exact) mass is 280 g/mol. The summed E-state index contributed by atoms with van der Waals surface area (Å²) in [7, 11) is 1.88. The molecular weight excluding hydrogens is 248 g/mol. The van der Waals surface area contributed by atoms with E-state index in [4.69, 9.17) is 0 Å². The van der Waals surface area contributed by atoms with Gasteiger partial charge in [-0.05, 0) is 57.7 Å². The van der Waals surface area contributed by atoms with Gasteiger partial charge < -0.3 is 15.5 Å². The molecule has 0 aromatic carbocycles. The summed E-state index contributed by atoms with van der Waals surface area (Å²) in [5.41, 5.74) is 0. The largest absolute Gasteiger partial charge is 0.356 e. The van der Waals surface area contributed by atoms with Crippen LogP contribution in [0.1, 0.15) is 51.9 Å². The molecule has 2 fully saturated rings. The number of nitrogens with one attached hydrogen (secondary N) is 2. The maximum Gasteiger partial charge on any atom is 0.191 e. The summed E-state index contributed by atoms with van der Waals surface area (Å²) in [6.07, 6.45) is 9.35. The van der Waals surface area contributed by atoms with Crippen molar-refractivity contribution in [2.24, 2.45) is 10.9 Å². The maximum atomic E-state index is 4.35. The molecule has 4 heteroatoms. The summed E-state index contributed by atoms with van der Waals surface area (Å²) in [6.45, 7) is 7.11. The van der Waals surface area contributed by atoms with E-state index in [1.165, 1.54) is 64.6 Å². The molecule has 0 bridgehead atoms. The van der Waals surface area contributed by atoms with Crippen molar-refractivity contribution < 1.29 is 0 Å². The molecule has 1 heterocycles. The van der Waals surface area contributed by atoms with Gasteiger partial charge in [-0.3, -0.25) is 4.99 Å². The minimum Gasteiger partial charge on any atom is -0.356 e. The molecule has 0 radical (unpaired) electrons. The van der Waals surface area contributed by atoms with Crippen molar-refractivity contribution in [1.29, 1.82) is 0 Å². The van der Waals surface area contributed by atoms with Crippen LogP contribution >= 0.6 is 0 Å². The number of hydrogen-bond donors (Lipinski definition) is 2. The molecule has 0 spiro atoms. The standard InChI is InChI=1S/C16H32N4/c1-3-20-12-9-14(10-13-20)8-11-18-16(17-2)19-15-6-4-5-7-15/h14-15H,3-13H2,1-2H3,(H2,17,18,19). The number of nitrogens with zero attached hydrogens (tertiary/aromatic N) is 2. The second-order valence-electron chi connectivity index (χ2n) is 6.29. The lowest BCUT2D eigenvalue weighted by molar-refractivity contribution is 0.187. The third kappa shape index (κ3) is 4.97. The zero-order valence-electron chi connectivity index (χ0n) is 13.3. The predicted octanol–water partition coefficient (Wildman–Crippen LogP) is 2.22. The molecule has 2 N–H and O–H groups in total. The number of guanidine groups is 1. The Morgan fingerprint density at radius 1 is 1.15 bits per heavy atom. The normalized spacial score (nSPS) is 23.2. The Hall–Kier alpha value is -0.770. The van der Waals surface area contributed by atoms with Crippen LogP contribution in [0, 0.1) is 5.92 Å².